The van der Waals surface area contributed by atoms with Gasteiger partial charge in [0.15, 0.2) is 0 Å². The van der Waals surface area contributed by atoms with E-state index < -0.39 is 10.2 Å². The molecule has 5 rings (SSSR count). The molecule has 2 aromatic carbocycles. The van der Waals surface area contributed by atoms with Crippen LogP contribution in [0.1, 0.15) is 17.5 Å². The van der Waals surface area contributed by atoms with Crippen molar-refractivity contribution in [2.24, 2.45) is 0 Å². The molecule has 192 valence electrons. The quantitative estimate of drug-likeness (QED) is 0.221. The summed E-state index contributed by atoms with van der Waals surface area (Å²) in [6.45, 7) is 4.02. The van der Waals surface area contributed by atoms with E-state index in [0.717, 1.165) is 46.4 Å². The summed E-state index contributed by atoms with van der Waals surface area (Å²) in [6.07, 6.45) is 7.89. The van der Waals surface area contributed by atoms with Gasteiger partial charge in [-0.15, -0.1) is 4.09 Å². The second kappa shape index (κ2) is 10.8. The van der Waals surface area contributed by atoms with Gasteiger partial charge in [0.25, 0.3) is 0 Å². The topological polar surface area (TPSA) is 116 Å². The summed E-state index contributed by atoms with van der Waals surface area (Å²) in [5.74, 6) is 0.513. The first-order valence-electron chi connectivity index (χ1n) is 11.4. The molecule has 0 bridgehead atoms. The molecule has 0 aliphatic rings. The van der Waals surface area contributed by atoms with Crippen LogP contribution in [0.2, 0.25) is 5.02 Å². The maximum Gasteiger partial charge on any atom is 0.345 e. The molecule has 0 spiro atoms. The van der Waals surface area contributed by atoms with Gasteiger partial charge in [0.1, 0.15) is 18.7 Å². The molecule has 10 nitrogen and oxygen atoms in total. The molecule has 3 heterocycles. The van der Waals surface area contributed by atoms with Crippen LogP contribution < -0.4 is 14.8 Å². The summed E-state index contributed by atoms with van der Waals surface area (Å²) in [5.41, 5.74) is 3.44. The van der Waals surface area contributed by atoms with Crippen molar-refractivity contribution in [3.63, 3.8) is 0 Å². The number of halogens is 1. The highest BCUT2D eigenvalue weighted by atomic mass is 35.5. The SMILES string of the molecule is Cc1ccn(CCCNc2cc(Cl)ccc2COc2cccc3c2cnn3S(=O)(=O)Nc2ncns2)c1. The van der Waals surface area contributed by atoms with Crippen LogP contribution in [0, 0.1) is 6.92 Å². The second-order valence-electron chi connectivity index (χ2n) is 8.33. The van der Waals surface area contributed by atoms with Gasteiger partial charge in [0.05, 0.1) is 17.1 Å². The van der Waals surface area contributed by atoms with Gasteiger partial charge in [-0.1, -0.05) is 23.7 Å². The lowest BCUT2D eigenvalue weighted by molar-refractivity contribution is 0.310. The lowest BCUT2D eigenvalue weighted by Gasteiger charge is -2.14. The molecule has 2 N–H and O–H groups in total. The highest BCUT2D eigenvalue weighted by molar-refractivity contribution is 7.91. The Morgan fingerprint density at radius 1 is 1.19 bits per heavy atom. The number of nitrogens with zero attached hydrogens (tertiary/aromatic N) is 5. The van der Waals surface area contributed by atoms with Crippen molar-refractivity contribution in [1.29, 1.82) is 0 Å². The maximum absolute atomic E-state index is 12.8. The highest BCUT2D eigenvalue weighted by Crippen LogP contribution is 2.29. The Labute approximate surface area is 223 Å². The molecule has 0 amide bonds. The Kier molecular flexibility index (Phi) is 7.31. The molecule has 0 radical (unpaired) electrons. The van der Waals surface area contributed by atoms with E-state index in [0.29, 0.717) is 21.7 Å². The van der Waals surface area contributed by atoms with Crippen molar-refractivity contribution < 1.29 is 13.2 Å². The molecule has 0 saturated heterocycles. The Morgan fingerprint density at radius 3 is 2.86 bits per heavy atom. The van der Waals surface area contributed by atoms with Gasteiger partial charge in [0, 0.05) is 53.3 Å². The van der Waals surface area contributed by atoms with Gasteiger partial charge in [-0.3, -0.25) is 0 Å². The summed E-state index contributed by atoms with van der Waals surface area (Å²) in [6, 6.07) is 12.9. The van der Waals surface area contributed by atoms with Gasteiger partial charge in [-0.05, 0) is 49.2 Å². The summed E-state index contributed by atoms with van der Waals surface area (Å²) in [4.78, 5) is 3.86. The average Bonchev–Trinajstić information content (AvgIpc) is 3.62. The van der Waals surface area contributed by atoms with E-state index in [1.807, 2.05) is 18.2 Å². The molecule has 37 heavy (non-hydrogen) atoms. The van der Waals surface area contributed by atoms with Crippen molar-refractivity contribution in [3.8, 4) is 5.75 Å². The van der Waals surface area contributed by atoms with E-state index in [9.17, 15) is 8.42 Å². The fourth-order valence-electron chi connectivity index (χ4n) is 3.87. The van der Waals surface area contributed by atoms with E-state index in [1.165, 1.54) is 18.1 Å². The average molecular weight is 558 g/mol. The minimum Gasteiger partial charge on any atom is -0.488 e. The molecular weight excluding hydrogens is 534 g/mol. The Morgan fingerprint density at radius 2 is 2.08 bits per heavy atom. The maximum atomic E-state index is 12.8. The number of ether oxygens (including phenoxy) is 1. The molecule has 0 atom stereocenters. The van der Waals surface area contributed by atoms with Crippen LogP contribution in [0.25, 0.3) is 10.9 Å². The zero-order valence-electron chi connectivity index (χ0n) is 19.8. The predicted molar refractivity (Wildman–Crippen MR) is 146 cm³/mol. The number of rotatable bonds is 11. The van der Waals surface area contributed by atoms with Crippen LogP contribution in [0.15, 0.2) is 67.4 Å². The second-order valence-corrected chi connectivity index (χ2v) is 11.0. The Hall–Kier alpha value is -3.61. The third-order valence-electron chi connectivity index (χ3n) is 5.61. The number of benzene rings is 2. The minimum absolute atomic E-state index is 0.155. The fraction of sp³-hybridized carbons (Fsp3) is 0.208. The van der Waals surface area contributed by atoms with E-state index in [1.54, 1.807) is 18.2 Å². The van der Waals surface area contributed by atoms with Crippen LogP contribution in [-0.4, -0.2) is 38.1 Å². The van der Waals surface area contributed by atoms with Crippen LogP contribution in [0.5, 0.6) is 5.75 Å². The van der Waals surface area contributed by atoms with Gasteiger partial charge in [-0.25, -0.2) is 9.71 Å². The smallest absolute Gasteiger partial charge is 0.345 e. The molecule has 13 heteroatoms. The fourth-order valence-corrected chi connectivity index (χ4v) is 5.74. The number of aryl methyl sites for hydroxylation is 2. The summed E-state index contributed by atoms with van der Waals surface area (Å²) >= 11 is 7.19. The van der Waals surface area contributed by atoms with E-state index in [4.69, 9.17) is 16.3 Å². The number of anilines is 2. The zero-order valence-corrected chi connectivity index (χ0v) is 22.2. The summed E-state index contributed by atoms with van der Waals surface area (Å²) in [5, 5.41) is 8.89. The number of nitrogens with one attached hydrogen (secondary N) is 2. The van der Waals surface area contributed by atoms with Gasteiger partial charge >= 0.3 is 10.2 Å². The Bertz CT molecular complexity index is 1610. The summed E-state index contributed by atoms with van der Waals surface area (Å²) < 4.78 is 41.0. The van der Waals surface area contributed by atoms with Crippen LogP contribution in [0.3, 0.4) is 0 Å². The predicted octanol–water partition coefficient (Wildman–Crippen LogP) is 4.94. The van der Waals surface area contributed by atoms with Crippen molar-refractivity contribution in [3.05, 3.63) is 83.5 Å². The minimum atomic E-state index is -4.01. The van der Waals surface area contributed by atoms with Gasteiger partial charge in [-0.2, -0.15) is 17.9 Å². The first kappa shape index (κ1) is 25.1. The molecule has 0 aliphatic heterocycles. The Balaban J connectivity index is 1.28. The number of hydrogen-bond donors (Lipinski definition) is 2. The molecule has 0 fully saturated rings. The number of fused-ring (bicyclic) bond motifs is 1. The molecule has 5 aromatic rings. The van der Waals surface area contributed by atoms with Crippen molar-refractivity contribution >= 4 is 55.1 Å². The highest BCUT2D eigenvalue weighted by Gasteiger charge is 2.20. The third-order valence-corrected chi connectivity index (χ3v) is 7.75. The molecule has 3 aromatic heterocycles. The van der Waals surface area contributed by atoms with Gasteiger partial charge in [0.2, 0.25) is 5.13 Å². The number of hydrogen-bond acceptors (Lipinski definition) is 8. The van der Waals surface area contributed by atoms with Crippen LogP contribution in [-0.2, 0) is 23.4 Å². The standard InChI is InChI=1S/C24H24ClN7O3S2/c1-17-8-11-31(14-17)10-3-9-26-21-12-19(25)7-6-18(21)15-35-23-5-2-4-22-20(23)13-28-32(22)37(33,34)30-24-27-16-29-36-24/h2,4-8,11-14,16,26H,3,9-10,15H2,1H3,(H,27,29,30). The van der Waals surface area contributed by atoms with Crippen LogP contribution >= 0.6 is 23.1 Å². The molecular formula is C24H24ClN7O3S2. The normalized spacial score (nSPS) is 11.6. The monoisotopic (exact) mass is 557 g/mol. The molecule has 0 aliphatic carbocycles. The van der Waals surface area contributed by atoms with Crippen molar-refractivity contribution in [2.75, 3.05) is 16.6 Å². The van der Waals surface area contributed by atoms with Crippen molar-refractivity contribution in [2.45, 2.75) is 26.5 Å². The molecule has 0 saturated carbocycles. The zero-order chi connectivity index (χ0) is 25.8. The van der Waals surface area contributed by atoms with Crippen molar-refractivity contribution in [1.82, 2.24) is 23.1 Å². The lowest BCUT2D eigenvalue weighted by Crippen LogP contribution is -2.22. The summed E-state index contributed by atoms with van der Waals surface area (Å²) in [7, 11) is -4.01. The first-order chi connectivity index (χ1) is 17.9. The van der Waals surface area contributed by atoms with Gasteiger partial charge < -0.3 is 14.6 Å². The first-order valence-corrected chi connectivity index (χ1v) is 14.0. The lowest BCUT2D eigenvalue weighted by atomic mass is 10.2. The third kappa shape index (κ3) is 5.87. The molecule has 0 unspecified atom stereocenters. The number of aromatic nitrogens is 5. The van der Waals surface area contributed by atoms with E-state index in [-0.39, 0.29) is 11.7 Å². The van der Waals surface area contributed by atoms with Crippen LogP contribution in [0.4, 0.5) is 10.8 Å². The van der Waals surface area contributed by atoms with E-state index in [2.05, 4.69) is 54.4 Å². The van der Waals surface area contributed by atoms with E-state index >= 15 is 0 Å². The largest absolute Gasteiger partial charge is 0.488 e.